The fourth-order valence-corrected chi connectivity index (χ4v) is 1.79. The highest BCUT2D eigenvalue weighted by atomic mass is 19.1. The van der Waals surface area contributed by atoms with Crippen molar-refractivity contribution >= 4 is 17.3 Å². The van der Waals surface area contributed by atoms with Gasteiger partial charge in [-0.15, -0.1) is 0 Å². The molecule has 1 aromatic carbocycles. The van der Waals surface area contributed by atoms with Crippen LogP contribution in [0.25, 0.3) is 0 Å². The lowest BCUT2D eigenvalue weighted by Gasteiger charge is -2.15. The highest BCUT2D eigenvalue weighted by molar-refractivity contribution is 5.92. The van der Waals surface area contributed by atoms with Crippen molar-refractivity contribution in [2.45, 2.75) is 6.54 Å². The molecule has 106 valence electrons. The highest BCUT2D eigenvalue weighted by Gasteiger charge is 2.09. The van der Waals surface area contributed by atoms with Gasteiger partial charge in [-0.05, 0) is 37.4 Å². The molecule has 1 heterocycles. The molecule has 1 amide bonds. The molecule has 0 aliphatic heterocycles. The summed E-state index contributed by atoms with van der Waals surface area (Å²) in [5.41, 5.74) is 5.92. The van der Waals surface area contributed by atoms with Crippen LogP contribution < -0.4 is 11.1 Å². The molecule has 0 radical (unpaired) electrons. The van der Waals surface area contributed by atoms with Crippen LogP contribution in [0.4, 0.5) is 15.8 Å². The van der Waals surface area contributed by atoms with Crippen LogP contribution in [0.5, 0.6) is 0 Å². The Balaban J connectivity index is 1.87. The molecule has 20 heavy (non-hydrogen) atoms. The number of halogens is 1. The number of carbonyl (C=O) groups is 1. The lowest BCUT2D eigenvalue weighted by molar-refractivity contribution is -0.117. The van der Waals surface area contributed by atoms with Gasteiger partial charge in [0, 0.05) is 5.69 Å². The van der Waals surface area contributed by atoms with Gasteiger partial charge in [-0.1, -0.05) is 0 Å². The standard InChI is InChI=1S/C14H16FN3O2/c1-18(8-11-3-2-6-20-11)9-14(19)17-10-4-5-12(15)13(16)7-10/h2-7H,8-9,16H2,1H3,(H,17,19). The molecule has 0 atom stereocenters. The summed E-state index contributed by atoms with van der Waals surface area (Å²) in [4.78, 5) is 13.6. The molecule has 3 N–H and O–H groups in total. The van der Waals surface area contributed by atoms with Crippen LogP contribution in [0, 0.1) is 5.82 Å². The maximum Gasteiger partial charge on any atom is 0.238 e. The van der Waals surface area contributed by atoms with Crippen molar-refractivity contribution in [3.8, 4) is 0 Å². The van der Waals surface area contributed by atoms with Gasteiger partial charge in [0.15, 0.2) is 0 Å². The molecule has 2 aromatic rings. The first kappa shape index (κ1) is 14.1. The number of rotatable bonds is 5. The van der Waals surface area contributed by atoms with Crippen LogP contribution in [-0.2, 0) is 11.3 Å². The van der Waals surface area contributed by atoms with Gasteiger partial charge >= 0.3 is 0 Å². The van der Waals surface area contributed by atoms with Gasteiger partial charge in [-0.25, -0.2) is 4.39 Å². The van der Waals surface area contributed by atoms with Crippen LogP contribution in [0.1, 0.15) is 5.76 Å². The van der Waals surface area contributed by atoms with Crippen molar-refractivity contribution < 1.29 is 13.6 Å². The second kappa shape index (κ2) is 6.21. The quantitative estimate of drug-likeness (QED) is 0.821. The van der Waals surface area contributed by atoms with E-state index in [1.54, 1.807) is 24.3 Å². The molecule has 0 fully saturated rings. The number of hydrogen-bond acceptors (Lipinski definition) is 4. The number of benzene rings is 1. The average molecular weight is 277 g/mol. The lowest BCUT2D eigenvalue weighted by Crippen LogP contribution is -2.29. The molecule has 1 aromatic heterocycles. The van der Waals surface area contributed by atoms with E-state index in [9.17, 15) is 9.18 Å². The minimum absolute atomic E-state index is 0.00624. The molecule has 6 heteroatoms. The molecular weight excluding hydrogens is 261 g/mol. The second-order valence-corrected chi connectivity index (χ2v) is 4.54. The zero-order valence-corrected chi connectivity index (χ0v) is 11.1. The summed E-state index contributed by atoms with van der Waals surface area (Å²) in [6.07, 6.45) is 1.59. The summed E-state index contributed by atoms with van der Waals surface area (Å²) >= 11 is 0. The SMILES string of the molecule is CN(CC(=O)Nc1ccc(F)c(N)c1)Cc1ccco1. The predicted molar refractivity (Wildman–Crippen MR) is 74.5 cm³/mol. The van der Waals surface area contributed by atoms with Crippen LogP contribution >= 0.6 is 0 Å². The minimum Gasteiger partial charge on any atom is -0.468 e. The molecule has 0 aliphatic carbocycles. The predicted octanol–water partition coefficient (Wildman–Crippen LogP) is 2.07. The topological polar surface area (TPSA) is 71.5 Å². The molecular formula is C14H16FN3O2. The van der Waals surface area contributed by atoms with Crippen molar-refractivity contribution in [3.05, 3.63) is 48.2 Å². The van der Waals surface area contributed by atoms with Crippen molar-refractivity contribution in [1.82, 2.24) is 4.90 Å². The third kappa shape index (κ3) is 3.83. The molecule has 0 bridgehead atoms. The Bertz CT molecular complexity index is 584. The molecule has 0 aliphatic rings. The molecule has 0 unspecified atom stereocenters. The van der Waals surface area contributed by atoms with E-state index in [4.69, 9.17) is 10.2 Å². The summed E-state index contributed by atoms with van der Waals surface area (Å²) in [6.45, 7) is 0.726. The van der Waals surface area contributed by atoms with Gasteiger partial charge in [-0.3, -0.25) is 9.69 Å². The van der Waals surface area contributed by atoms with E-state index >= 15 is 0 Å². The monoisotopic (exact) mass is 277 g/mol. The third-order valence-electron chi connectivity index (χ3n) is 2.70. The Hall–Kier alpha value is -2.34. The van der Waals surface area contributed by atoms with Crippen LogP contribution in [0.15, 0.2) is 41.0 Å². The number of nitrogens with one attached hydrogen (secondary N) is 1. The van der Waals surface area contributed by atoms with Crippen molar-refractivity contribution in [2.24, 2.45) is 0 Å². The van der Waals surface area contributed by atoms with Crippen molar-refractivity contribution in [3.63, 3.8) is 0 Å². The first-order chi connectivity index (χ1) is 9.54. The number of nitrogens with two attached hydrogens (primary N) is 1. The van der Waals surface area contributed by atoms with Gasteiger partial charge < -0.3 is 15.5 Å². The molecule has 5 nitrogen and oxygen atoms in total. The fraction of sp³-hybridized carbons (Fsp3) is 0.214. The number of nitrogens with zero attached hydrogens (tertiary/aromatic N) is 1. The fourth-order valence-electron chi connectivity index (χ4n) is 1.79. The van der Waals surface area contributed by atoms with E-state index in [0.29, 0.717) is 12.2 Å². The largest absolute Gasteiger partial charge is 0.468 e. The van der Waals surface area contributed by atoms with E-state index in [2.05, 4.69) is 5.32 Å². The summed E-state index contributed by atoms with van der Waals surface area (Å²) in [7, 11) is 1.81. The van der Waals surface area contributed by atoms with Gasteiger partial charge in [0.05, 0.1) is 25.0 Å². The number of nitrogen functional groups attached to an aromatic ring is 1. The maximum atomic E-state index is 13.0. The Morgan fingerprint density at radius 2 is 2.25 bits per heavy atom. The third-order valence-corrected chi connectivity index (χ3v) is 2.70. The smallest absolute Gasteiger partial charge is 0.238 e. The van der Waals surface area contributed by atoms with Gasteiger partial charge in [-0.2, -0.15) is 0 Å². The molecule has 2 rings (SSSR count). The Labute approximate surface area is 116 Å². The number of anilines is 2. The van der Waals surface area contributed by atoms with Crippen LogP contribution in [0.3, 0.4) is 0 Å². The van der Waals surface area contributed by atoms with Crippen molar-refractivity contribution in [2.75, 3.05) is 24.6 Å². The second-order valence-electron chi connectivity index (χ2n) is 4.54. The Morgan fingerprint density at radius 1 is 1.45 bits per heavy atom. The van der Waals surface area contributed by atoms with E-state index in [-0.39, 0.29) is 18.1 Å². The van der Waals surface area contributed by atoms with E-state index in [1.807, 2.05) is 6.07 Å². The van der Waals surface area contributed by atoms with Gasteiger partial charge in [0.2, 0.25) is 5.91 Å². The van der Waals surface area contributed by atoms with E-state index in [1.165, 1.54) is 18.2 Å². The first-order valence-electron chi connectivity index (χ1n) is 6.10. The molecule has 0 saturated heterocycles. The zero-order chi connectivity index (χ0) is 14.5. The molecule has 0 saturated carbocycles. The summed E-state index contributed by atoms with van der Waals surface area (Å²) in [5.74, 6) is 0.0781. The number of carbonyl (C=O) groups excluding carboxylic acids is 1. The van der Waals surface area contributed by atoms with E-state index < -0.39 is 5.82 Å². The van der Waals surface area contributed by atoms with Crippen LogP contribution in [0.2, 0.25) is 0 Å². The van der Waals surface area contributed by atoms with Gasteiger partial charge in [0.1, 0.15) is 11.6 Å². The average Bonchev–Trinajstić information content (AvgIpc) is 2.86. The highest BCUT2D eigenvalue weighted by Crippen LogP contribution is 2.16. The zero-order valence-electron chi connectivity index (χ0n) is 11.1. The van der Waals surface area contributed by atoms with Crippen LogP contribution in [-0.4, -0.2) is 24.4 Å². The minimum atomic E-state index is -0.502. The van der Waals surface area contributed by atoms with Crippen molar-refractivity contribution in [1.29, 1.82) is 0 Å². The number of hydrogen-bond donors (Lipinski definition) is 2. The lowest BCUT2D eigenvalue weighted by atomic mass is 10.2. The normalized spacial score (nSPS) is 10.8. The van der Waals surface area contributed by atoms with Gasteiger partial charge in [0.25, 0.3) is 0 Å². The number of furan rings is 1. The summed E-state index contributed by atoms with van der Waals surface area (Å²) in [6, 6.07) is 7.72. The summed E-state index contributed by atoms with van der Waals surface area (Å²) < 4.78 is 18.2. The maximum absolute atomic E-state index is 13.0. The first-order valence-corrected chi connectivity index (χ1v) is 6.10. The van der Waals surface area contributed by atoms with E-state index in [0.717, 1.165) is 5.76 Å². The summed E-state index contributed by atoms with van der Waals surface area (Å²) in [5, 5.41) is 2.66. The number of likely N-dealkylation sites (N-methyl/N-ethyl adjacent to an activating group) is 1. The Kier molecular flexibility index (Phi) is 4.37. The number of amides is 1. The molecule has 0 spiro atoms. The Morgan fingerprint density at radius 3 is 2.90 bits per heavy atom.